The van der Waals surface area contributed by atoms with Crippen molar-refractivity contribution in [3.05, 3.63) is 59.7 Å². The van der Waals surface area contributed by atoms with Crippen molar-refractivity contribution in [2.75, 3.05) is 44.5 Å². The largest absolute Gasteiger partial charge is 0.304 e. The Morgan fingerprint density at radius 3 is 2.15 bits per heavy atom. The van der Waals surface area contributed by atoms with E-state index in [-0.39, 0.29) is 4.90 Å². The first-order valence-corrected chi connectivity index (χ1v) is 10.5. The van der Waals surface area contributed by atoms with Crippen LogP contribution in [0.25, 0.3) is 0 Å². The number of nitrogens with zero attached hydrogens (tertiary/aromatic N) is 2. The summed E-state index contributed by atoms with van der Waals surface area (Å²) in [6.45, 7) is 7.46. The molecule has 1 saturated heterocycles. The second-order valence-corrected chi connectivity index (χ2v) is 8.69. The molecule has 2 aromatic rings. The molecule has 1 fully saturated rings. The summed E-state index contributed by atoms with van der Waals surface area (Å²) in [5, 5.41) is 0. The Morgan fingerprint density at radius 1 is 0.923 bits per heavy atom. The molecule has 26 heavy (non-hydrogen) atoms. The lowest BCUT2D eigenvalue weighted by atomic mass is 10.1. The fourth-order valence-electron chi connectivity index (χ4n) is 3.03. The van der Waals surface area contributed by atoms with Crippen molar-refractivity contribution in [1.82, 2.24) is 9.80 Å². The number of sulfonamides is 1. The molecule has 2 aromatic carbocycles. The zero-order valence-corrected chi connectivity index (χ0v) is 16.3. The molecule has 0 amide bonds. The van der Waals surface area contributed by atoms with Crippen LogP contribution >= 0.6 is 0 Å². The van der Waals surface area contributed by atoms with Crippen molar-refractivity contribution in [3.8, 4) is 0 Å². The van der Waals surface area contributed by atoms with E-state index in [4.69, 9.17) is 0 Å². The highest BCUT2D eigenvalue weighted by molar-refractivity contribution is 7.92. The molecule has 140 valence electrons. The molecule has 0 aliphatic carbocycles. The number of aryl methyl sites for hydroxylation is 1. The van der Waals surface area contributed by atoms with E-state index in [2.05, 4.69) is 21.6 Å². The summed E-state index contributed by atoms with van der Waals surface area (Å²) < 4.78 is 27.5. The van der Waals surface area contributed by atoms with Crippen LogP contribution in [-0.2, 0) is 16.4 Å². The molecule has 3 rings (SSSR count). The van der Waals surface area contributed by atoms with Crippen molar-refractivity contribution in [2.24, 2.45) is 0 Å². The first kappa shape index (κ1) is 18.9. The molecule has 0 spiro atoms. The summed E-state index contributed by atoms with van der Waals surface area (Å²) in [6.07, 6.45) is 0.981. The van der Waals surface area contributed by atoms with E-state index >= 15 is 0 Å². The maximum atomic E-state index is 12.4. The second kappa shape index (κ2) is 8.20. The van der Waals surface area contributed by atoms with Gasteiger partial charge in [-0.05, 0) is 50.2 Å². The van der Waals surface area contributed by atoms with Crippen LogP contribution in [0.5, 0.6) is 0 Å². The zero-order valence-electron chi connectivity index (χ0n) is 15.5. The lowest BCUT2D eigenvalue weighted by Crippen LogP contribution is -2.45. The van der Waals surface area contributed by atoms with E-state index in [9.17, 15) is 8.42 Å². The Labute approximate surface area is 156 Å². The van der Waals surface area contributed by atoms with Crippen LogP contribution in [-0.4, -0.2) is 58.0 Å². The number of benzene rings is 2. The molecule has 0 unspecified atom stereocenters. The number of rotatable bonds is 6. The first-order chi connectivity index (χ1) is 12.4. The number of piperazine rings is 1. The maximum absolute atomic E-state index is 12.4. The van der Waals surface area contributed by atoms with E-state index in [1.807, 2.05) is 31.2 Å². The van der Waals surface area contributed by atoms with Gasteiger partial charge in [0.05, 0.1) is 4.90 Å². The van der Waals surface area contributed by atoms with Gasteiger partial charge in [0, 0.05) is 38.4 Å². The van der Waals surface area contributed by atoms with E-state index in [0.717, 1.165) is 44.7 Å². The summed E-state index contributed by atoms with van der Waals surface area (Å²) in [5.41, 5.74) is 2.85. The molecule has 0 aromatic heterocycles. The van der Waals surface area contributed by atoms with Crippen molar-refractivity contribution in [2.45, 2.75) is 18.2 Å². The Hall–Kier alpha value is -1.89. The molecule has 1 aliphatic rings. The molecule has 0 saturated carbocycles. The van der Waals surface area contributed by atoms with Gasteiger partial charge in [-0.2, -0.15) is 0 Å². The van der Waals surface area contributed by atoms with Gasteiger partial charge in [0.2, 0.25) is 0 Å². The molecule has 1 aliphatic heterocycles. The smallest absolute Gasteiger partial charge is 0.261 e. The van der Waals surface area contributed by atoms with Gasteiger partial charge in [-0.1, -0.05) is 29.8 Å². The highest BCUT2D eigenvalue weighted by Crippen LogP contribution is 2.17. The van der Waals surface area contributed by atoms with Crippen LogP contribution < -0.4 is 4.72 Å². The molecular formula is C20H27N3O2S. The summed E-state index contributed by atoms with van der Waals surface area (Å²) in [4.78, 5) is 5.11. The number of hydrogen-bond acceptors (Lipinski definition) is 4. The van der Waals surface area contributed by atoms with Crippen molar-refractivity contribution in [3.63, 3.8) is 0 Å². The van der Waals surface area contributed by atoms with Crippen molar-refractivity contribution >= 4 is 15.7 Å². The third-order valence-corrected chi connectivity index (χ3v) is 6.25. The van der Waals surface area contributed by atoms with Crippen molar-refractivity contribution < 1.29 is 8.42 Å². The van der Waals surface area contributed by atoms with Crippen LogP contribution in [0.3, 0.4) is 0 Å². The maximum Gasteiger partial charge on any atom is 0.261 e. The van der Waals surface area contributed by atoms with E-state index in [1.54, 1.807) is 24.3 Å². The fourth-order valence-corrected chi connectivity index (χ4v) is 4.09. The molecule has 5 nitrogen and oxygen atoms in total. The van der Waals surface area contributed by atoms with E-state index in [0.29, 0.717) is 5.69 Å². The number of likely N-dealkylation sites (N-methyl/N-ethyl adjacent to an activating group) is 1. The Kier molecular flexibility index (Phi) is 5.96. The lowest BCUT2D eigenvalue weighted by molar-refractivity contribution is 0.155. The molecule has 6 heteroatoms. The second-order valence-electron chi connectivity index (χ2n) is 7.01. The first-order valence-electron chi connectivity index (χ1n) is 9.02. The Balaban J connectivity index is 1.56. The number of nitrogens with one attached hydrogen (secondary N) is 1. The van der Waals surface area contributed by atoms with Gasteiger partial charge >= 0.3 is 0 Å². The lowest BCUT2D eigenvalue weighted by Gasteiger charge is -2.32. The minimum absolute atomic E-state index is 0.280. The molecular weight excluding hydrogens is 346 g/mol. The van der Waals surface area contributed by atoms with Gasteiger partial charge in [0.1, 0.15) is 0 Å². The zero-order chi connectivity index (χ0) is 18.6. The van der Waals surface area contributed by atoms with E-state index in [1.165, 1.54) is 5.56 Å². The van der Waals surface area contributed by atoms with Crippen LogP contribution in [0.4, 0.5) is 5.69 Å². The molecule has 1 heterocycles. The van der Waals surface area contributed by atoms with Crippen LogP contribution in [0.1, 0.15) is 11.1 Å². The normalized spacial score (nSPS) is 16.5. The van der Waals surface area contributed by atoms with Crippen LogP contribution in [0, 0.1) is 6.92 Å². The molecule has 0 radical (unpaired) electrons. The SMILES string of the molecule is Cc1ccc(S(=O)(=O)Nc2ccc(CCN3CCN(C)CC3)cc2)cc1. The third kappa shape index (κ3) is 5.06. The number of anilines is 1. The molecule has 0 bridgehead atoms. The number of hydrogen-bond donors (Lipinski definition) is 1. The van der Waals surface area contributed by atoms with Gasteiger partial charge in [-0.15, -0.1) is 0 Å². The minimum Gasteiger partial charge on any atom is -0.304 e. The predicted molar refractivity (Wildman–Crippen MR) is 106 cm³/mol. The highest BCUT2D eigenvalue weighted by atomic mass is 32.2. The van der Waals surface area contributed by atoms with Gasteiger partial charge in [-0.25, -0.2) is 8.42 Å². The van der Waals surface area contributed by atoms with Gasteiger partial charge < -0.3 is 9.80 Å². The van der Waals surface area contributed by atoms with Crippen LogP contribution in [0.15, 0.2) is 53.4 Å². The Morgan fingerprint density at radius 2 is 1.54 bits per heavy atom. The fraction of sp³-hybridized carbons (Fsp3) is 0.400. The van der Waals surface area contributed by atoms with Gasteiger partial charge in [0.25, 0.3) is 10.0 Å². The summed E-state index contributed by atoms with van der Waals surface area (Å²) in [6, 6.07) is 14.5. The van der Waals surface area contributed by atoms with Gasteiger partial charge in [-0.3, -0.25) is 4.72 Å². The molecule has 0 atom stereocenters. The Bertz CT molecular complexity index is 809. The highest BCUT2D eigenvalue weighted by Gasteiger charge is 2.15. The van der Waals surface area contributed by atoms with Gasteiger partial charge in [0.15, 0.2) is 0 Å². The minimum atomic E-state index is -3.54. The summed E-state index contributed by atoms with van der Waals surface area (Å²) >= 11 is 0. The predicted octanol–water partition coefficient (Wildman–Crippen LogP) is 2.59. The summed E-state index contributed by atoms with van der Waals surface area (Å²) in [5.74, 6) is 0. The van der Waals surface area contributed by atoms with Crippen LogP contribution in [0.2, 0.25) is 0 Å². The monoisotopic (exact) mass is 373 g/mol. The third-order valence-electron chi connectivity index (χ3n) is 4.85. The average Bonchev–Trinajstić information content (AvgIpc) is 2.62. The standard InChI is InChI=1S/C20H27N3O2S/c1-17-3-9-20(10-4-17)26(24,25)21-19-7-5-18(6-8-19)11-12-23-15-13-22(2)14-16-23/h3-10,21H,11-16H2,1-2H3. The van der Waals surface area contributed by atoms with E-state index < -0.39 is 10.0 Å². The van der Waals surface area contributed by atoms with Crippen molar-refractivity contribution in [1.29, 1.82) is 0 Å². The molecule has 1 N–H and O–H groups in total. The topological polar surface area (TPSA) is 52.7 Å². The average molecular weight is 374 g/mol. The quantitative estimate of drug-likeness (QED) is 0.846. The summed E-state index contributed by atoms with van der Waals surface area (Å²) in [7, 11) is -1.38.